The molecule has 130 valence electrons. The van der Waals surface area contributed by atoms with Gasteiger partial charge < -0.3 is 14.5 Å². The summed E-state index contributed by atoms with van der Waals surface area (Å²) in [5.41, 5.74) is 1.62. The summed E-state index contributed by atoms with van der Waals surface area (Å²) in [6, 6.07) is 14.6. The van der Waals surface area contributed by atoms with Gasteiger partial charge in [-0.25, -0.2) is 0 Å². The number of hydrogen-bond acceptors (Lipinski definition) is 3. The van der Waals surface area contributed by atoms with Gasteiger partial charge in [0.2, 0.25) is 5.91 Å². The number of carbonyl (C=O) groups is 2. The molecule has 1 heterocycles. The second kappa shape index (κ2) is 7.15. The van der Waals surface area contributed by atoms with E-state index in [1.54, 1.807) is 29.0 Å². The molecule has 0 spiro atoms. The van der Waals surface area contributed by atoms with Crippen molar-refractivity contribution < 1.29 is 14.3 Å². The van der Waals surface area contributed by atoms with E-state index in [0.29, 0.717) is 23.0 Å². The average Bonchev–Trinajstić information content (AvgIpc) is 2.60. The molecule has 1 aliphatic heterocycles. The molecule has 0 bridgehead atoms. The average molecular weight is 359 g/mol. The number of hydrogen-bond donors (Lipinski definition) is 0. The van der Waals surface area contributed by atoms with Crippen molar-refractivity contribution in [2.45, 2.75) is 19.6 Å². The Kier molecular flexibility index (Phi) is 4.95. The quantitative estimate of drug-likeness (QED) is 0.847. The first-order chi connectivity index (χ1) is 12.0. The Morgan fingerprint density at radius 2 is 2.00 bits per heavy atom. The van der Waals surface area contributed by atoms with Crippen molar-refractivity contribution in [1.29, 1.82) is 0 Å². The lowest BCUT2D eigenvalue weighted by Gasteiger charge is -2.35. The smallest absolute Gasteiger partial charge is 0.265 e. The van der Waals surface area contributed by atoms with Crippen LogP contribution in [0.4, 0.5) is 5.69 Å². The molecule has 6 heteroatoms. The summed E-state index contributed by atoms with van der Waals surface area (Å²) in [5, 5.41) is 0.629. The van der Waals surface area contributed by atoms with E-state index < -0.39 is 6.10 Å². The zero-order valence-corrected chi connectivity index (χ0v) is 14.9. The van der Waals surface area contributed by atoms with E-state index in [9.17, 15) is 9.59 Å². The molecule has 0 saturated carbocycles. The molecule has 0 radical (unpaired) electrons. The summed E-state index contributed by atoms with van der Waals surface area (Å²) in [4.78, 5) is 27.9. The number of nitrogens with zero attached hydrogens (tertiary/aromatic N) is 2. The van der Waals surface area contributed by atoms with Gasteiger partial charge in [0.1, 0.15) is 5.75 Å². The fraction of sp³-hybridized carbons (Fsp3) is 0.263. The fourth-order valence-electron chi connectivity index (χ4n) is 2.89. The lowest BCUT2D eigenvalue weighted by atomic mass is 10.1. The van der Waals surface area contributed by atoms with E-state index in [1.165, 1.54) is 6.92 Å². The largest absolute Gasteiger partial charge is 0.476 e. The van der Waals surface area contributed by atoms with Gasteiger partial charge >= 0.3 is 0 Å². The van der Waals surface area contributed by atoms with Crippen LogP contribution >= 0.6 is 11.6 Å². The van der Waals surface area contributed by atoms with Crippen LogP contribution in [-0.4, -0.2) is 36.4 Å². The van der Waals surface area contributed by atoms with Crippen LogP contribution < -0.4 is 9.64 Å². The van der Waals surface area contributed by atoms with Crippen LogP contribution in [0.25, 0.3) is 0 Å². The van der Waals surface area contributed by atoms with Gasteiger partial charge in [0.25, 0.3) is 5.91 Å². The maximum Gasteiger partial charge on any atom is 0.265 e. The van der Waals surface area contributed by atoms with Crippen LogP contribution in [0.3, 0.4) is 0 Å². The van der Waals surface area contributed by atoms with E-state index in [-0.39, 0.29) is 18.4 Å². The third-order valence-electron chi connectivity index (χ3n) is 4.11. The van der Waals surface area contributed by atoms with E-state index in [2.05, 4.69) is 0 Å². The second-order valence-corrected chi connectivity index (χ2v) is 6.46. The summed E-state index contributed by atoms with van der Waals surface area (Å²) in [5.74, 6) is 0.241. The topological polar surface area (TPSA) is 49.9 Å². The molecule has 0 saturated heterocycles. The first-order valence-electron chi connectivity index (χ1n) is 7.99. The summed E-state index contributed by atoms with van der Waals surface area (Å²) in [6.07, 6.45) is -0.733. The highest BCUT2D eigenvalue weighted by Gasteiger charge is 2.34. The van der Waals surface area contributed by atoms with Crippen LogP contribution in [-0.2, 0) is 16.1 Å². The molecular weight excluding hydrogens is 340 g/mol. The first-order valence-corrected chi connectivity index (χ1v) is 8.36. The number of rotatable bonds is 3. The number of likely N-dealkylation sites (N-methyl/N-ethyl adjacent to an activating group) is 1. The summed E-state index contributed by atoms with van der Waals surface area (Å²) >= 11 is 5.99. The molecule has 1 atom stereocenters. The molecule has 25 heavy (non-hydrogen) atoms. The third-order valence-corrected chi connectivity index (χ3v) is 4.35. The zero-order chi connectivity index (χ0) is 18.0. The van der Waals surface area contributed by atoms with Crippen molar-refractivity contribution in [2.24, 2.45) is 0 Å². The molecule has 1 aliphatic rings. The predicted molar refractivity (Wildman–Crippen MR) is 96.8 cm³/mol. The van der Waals surface area contributed by atoms with Crippen molar-refractivity contribution in [3.05, 3.63) is 59.1 Å². The molecule has 0 N–H and O–H groups in total. The van der Waals surface area contributed by atoms with Crippen LogP contribution in [0.2, 0.25) is 5.02 Å². The van der Waals surface area contributed by atoms with Gasteiger partial charge in [-0.15, -0.1) is 0 Å². The Hall–Kier alpha value is -2.53. The first kappa shape index (κ1) is 17.3. The third kappa shape index (κ3) is 3.77. The van der Waals surface area contributed by atoms with Crippen molar-refractivity contribution in [3.63, 3.8) is 0 Å². The van der Waals surface area contributed by atoms with Gasteiger partial charge in [0, 0.05) is 25.5 Å². The molecule has 2 amide bonds. The van der Waals surface area contributed by atoms with Crippen molar-refractivity contribution >= 4 is 29.1 Å². The molecule has 3 rings (SSSR count). The zero-order valence-electron chi connectivity index (χ0n) is 14.1. The monoisotopic (exact) mass is 358 g/mol. The van der Waals surface area contributed by atoms with E-state index in [0.717, 1.165) is 5.56 Å². The Balaban J connectivity index is 1.77. The lowest BCUT2D eigenvalue weighted by Crippen LogP contribution is -2.50. The predicted octanol–water partition coefficient (Wildman–Crippen LogP) is 3.11. The minimum atomic E-state index is -0.733. The molecule has 0 fully saturated rings. The van der Waals surface area contributed by atoms with Crippen molar-refractivity contribution in [2.75, 3.05) is 18.5 Å². The van der Waals surface area contributed by atoms with Gasteiger partial charge in [0.15, 0.2) is 6.10 Å². The minimum Gasteiger partial charge on any atom is -0.476 e. The highest BCUT2D eigenvalue weighted by molar-refractivity contribution is 6.30. The Morgan fingerprint density at radius 1 is 1.24 bits per heavy atom. The normalized spacial score (nSPS) is 16.0. The van der Waals surface area contributed by atoms with Crippen molar-refractivity contribution in [1.82, 2.24) is 4.90 Å². The molecule has 5 nitrogen and oxygen atoms in total. The number of anilines is 1. The lowest BCUT2D eigenvalue weighted by molar-refractivity contribution is -0.138. The summed E-state index contributed by atoms with van der Waals surface area (Å²) in [6.45, 7) is 2.10. The molecule has 0 aliphatic carbocycles. The van der Waals surface area contributed by atoms with Crippen LogP contribution in [0, 0.1) is 0 Å². The van der Waals surface area contributed by atoms with Crippen LogP contribution in [0.15, 0.2) is 48.5 Å². The van der Waals surface area contributed by atoms with E-state index >= 15 is 0 Å². The van der Waals surface area contributed by atoms with Gasteiger partial charge in [-0.2, -0.15) is 0 Å². The van der Waals surface area contributed by atoms with Crippen LogP contribution in [0.5, 0.6) is 5.75 Å². The van der Waals surface area contributed by atoms with Crippen molar-refractivity contribution in [3.8, 4) is 5.75 Å². The number of carbonyl (C=O) groups excluding carboxylic acids is 2. The standard InChI is InChI=1S/C19H19ClN2O3/c1-13(23)22-12-18(25-17-9-4-3-8-16(17)22)19(24)21(2)11-14-6-5-7-15(20)10-14/h3-10,18H,11-12H2,1-2H3. The Morgan fingerprint density at radius 3 is 2.72 bits per heavy atom. The molecular formula is C19H19ClN2O3. The van der Waals surface area contributed by atoms with Gasteiger partial charge in [0.05, 0.1) is 12.2 Å². The molecule has 1 unspecified atom stereocenters. The van der Waals surface area contributed by atoms with E-state index in [1.807, 2.05) is 36.4 Å². The Labute approximate surface area is 151 Å². The number of ether oxygens (including phenoxy) is 1. The Bertz CT molecular complexity index is 809. The fourth-order valence-corrected chi connectivity index (χ4v) is 3.11. The van der Waals surface area contributed by atoms with Gasteiger partial charge in [-0.05, 0) is 29.8 Å². The van der Waals surface area contributed by atoms with E-state index in [4.69, 9.17) is 16.3 Å². The molecule has 2 aromatic rings. The molecule has 2 aromatic carbocycles. The maximum atomic E-state index is 12.8. The number of halogens is 1. The van der Waals surface area contributed by atoms with Gasteiger partial charge in [-0.3, -0.25) is 9.59 Å². The number of benzene rings is 2. The minimum absolute atomic E-state index is 0.119. The SMILES string of the molecule is CC(=O)N1CC(C(=O)N(C)Cc2cccc(Cl)c2)Oc2ccccc21. The van der Waals surface area contributed by atoms with Crippen LogP contribution in [0.1, 0.15) is 12.5 Å². The second-order valence-electron chi connectivity index (χ2n) is 6.03. The van der Waals surface area contributed by atoms with Gasteiger partial charge in [-0.1, -0.05) is 35.9 Å². The highest BCUT2D eigenvalue weighted by atomic mass is 35.5. The number of amides is 2. The summed E-state index contributed by atoms with van der Waals surface area (Å²) < 4.78 is 5.85. The number of fused-ring (bicyclic) bond motifs is 1. The summed E-state index contributed by atoms with van der Waals surface area (Å²) in [7, 11) is 1.71. The highest BCUT2D eigenvalue weighted by Crippen LogP contribution is 2.33. The molecule has 0 aromatic heterocycles. The number of para-hydroxylation sites is 2. The maximum absolute atomic E-state index is 12.8.